The number of hydrogen-bond acceptors (Lipinski definition) is 4. The van der Waals surface area contributed by atoms with Crippen molar-refractivity contribution in [3.05, 3.63) is 63.9 Å². The predicted molar refractivity (Wildman–Crippen MR) is 98.6 cm³/mol. The van der Waals surface area contributed by atoms with Gasteiger partial charge in [0.25, 0.3) is 0 Å². The Balaban J connectivity index is 1.75. The highest BCUT2D eigenvalue weighted by Gasteiger charge is 2.14. The molecule has 0 radical (unpaired) electrons. The Labute approximate surface area is 149 Å². The topological polar surface area (TPSA) is 54.9 Å². The molecule has 0 unspecified atom stereocenters. The van der Waals surface area contributed by atoms with Crippen molar-refractivity contribution in [1.82, 2.24) is 9.97 Å². The number of rotatable bonds is 4. The molecule has 0 aliphatic rings. The molecule has 1 aromatic carbocycles. The van der Waals surface area contributed by atoms with Crippen molar-refractivity contribution in [1.29, 1.82) is 0 Å². The average Bonchev–Trinajstić information content (AvgIpc) is 2.93. The number of benzene rings is 1. The van der Waals surface area contributed by atoms with Gasteiger partial charge in [0, 0.05) is 33.5 Å². The van der Waals surface area contributed by atoms with Crippen molar-refractivity contribution in [2.45, 2.75) is 20.3 Å². The van der Waals surface area contributed by atoms with Crippen LogP contribution in [0.3, 0.4) is 0 Å². The van der Waals surface area contributed by atoms with Crippen LogP contribution >= 0.6 is 22.9 Å². The number of pyridine rings is 1. The first-order chi connectivity index (χ1) is 11.5. The summed E-state index contributed by atoms with van der Waals surface area (Å²) >= 11 is 7.62. The fourth-order valence-electron chi connectivity index (χ4n) is 2.29. The summed E-state index contributed by atoms with van der Waals surface area (Å²) in [4.78, 5) is 21.9. The molecule has 0 aliphatic heterocycles. The van der Waals surface area contributed by atoms with E-state index in [9.17, 15) is 4.79 Å². The van der Waals surface area contributed by atoms with Gasteiger partial charge in [-0.15, -0.1) is 11.3 Å². The van der Waals surface area contributed by atoms with E-state index in [1.807, 2.05) is 38.1 Å². The molecule has 0 bridgehead atoms. The fraction of sp³-hybridized carbons (Fsp3) is 0.167. The van der Waals surface area contributed by atoms with Crippen molar-refractivity contribution in [2.24, 2.45) is 0 Å². The van der Waals surface area contributed by atoms with E-state index in [2.05, 4.69) is 15.3 Å². The molecule has 6 heteroatoms. The Hall–Kier alpha value is -2.24. The average molecular weight is 358 g/mol. The van der Waals surface area contributed by atoms with Crippen molar-refractivity contribution < 1.29 is 4.79 Å². The third-order valence-corrected chi connectivity index (χ3v) is 5.30. The number of carbonyl (C=O) groups excluding carboxylic acids is 1. The van der Waals surface area contributed by atoms with Crippen molar-refractivity contribution >= 4 is 34.5 Å². The van der Waals surface area contributed by atoms with E-state index >= 15 is 0 Å². The lowest BCUT2D eigenvalue weighted by Crippen LogP contribution is -2.15. The molecule has 2 aromatic heterocycles. The molecule has 0 atom stereocenters. The SMILES string of the molecule is Cc1nc(-c2ccncc2)sc1CC(=O)Nc1cccc(Cl)c1C. The number of aryl methyl sites for hydroxylation is 1. The molecule has 1 N–H and O–H groups in total. The number of thiazole rings is 1. The minimum atomic E-state index is -0.0756. The zero-order valence-corrected chi connectivity index (χ0v) is 14.9. The summed E-state index contributed by atoms with van der Waals surface area (Å²) in [5.41, 5.74) is 3.50. The van der Waals surface area contributed by atoms with Gasteiger partial charge in [-0.2, -0.15) is 0 Å². The molecule has 0 saturated carbocycles. The van der Waals surface area contributed by atoms with Crippen LogP contribution in [0.5, 0.6) is 0 Å². The zero-order chi connectivity index (χ0) is 17.1. The van der Waals surface area contributed by atoms with Crippen LogP contribution in [0.15, 0.2) is 42.7 Å². The normalized spacial score (nSPS) is 10.6. The Morgan fingerprint density at radius 2 is 1.96 bits per heavy atom. The van der Waals surface area contributed by atoms with Crippen LogP contribution in [-0.2, 0) is 11.2 Å². The summed E-state index contributed by atoms with van der Waals surface area (Å²) in [6.07, 6.45) is 3.77. The highest BCUT2D eigenvalue weighted by molar-refractivity contribution is 7.15. The molecule has 0 spiro atoms. The second-order valence-corrected chi connectivity index (χ2v) is 6.89. The summed E-state index contributed by atoms with van der Waals surface area (Å²) in [5.74, 6) is -0.0756. The van der Waals surface area contributed by atoms with E-state index in [1.165, 1.54) is 11.3 Å². The first-order valence-corrected chi connectivity index (χ1v) is 8.65. The van der Waals surface area contributed by atoms with Crippen molar-refractivity contribution in [3.63, 3.8) is 0 Å². The summed E-state index contributed by atoms with van der Waals surface area (Å²) in [6, 6.07) is 9.31. The second kappa shape index (κ2) is 7.11. The minimum absolute atomic E-state index is 0.0756. The summed E-state index contributed by atoms with van der Waals surface area (Å²) in [7, 11) is 0. The Morgan fingerprint density at radius 1 is 1.21 bits per heavy atom. The summed E-state index contributed by atoms with van der Waals surface area (Å²) < 4.78 is 0. The monoisotopic (exact) mass is 357 g/mol. The molecule has 3 aromatic rings. The van der Waals surface area contributed by atoms with Gasteiger partial charge >= 0.3 is 0 Å². The maximum Gasteiger partial charge on any atom is 0.229 e. The van der Waals surface area contributed by atoms with Crippen LogP contribution in [0.1, 0.15) is 16.1 Å². The lowest BCUT2D eigenvalue weighted by Gasteiger charge is -2.09. The highest BCUT2D eigenvalue weighted by atomic mass is 35.5. The Morgan fingerprint density at radius 3 is 2.71 bits per heavy atom. The van der Waals surface area contributed by atoms with Crippen LogP contribution in [0.4, 0.5) is 5.69 Å². The van der Waals surface area contributed by atoms with Crippen LogP contribution in [0, 0.1) is 13.8 Å². The number of nitrogens with zero attached hydrogens (tertiary/aromatic N) is 2. The number of hydrogen-bond donors (Lipinski definition) is 1. The maximum absolute atomic E-state index is 12.4. The predicted octanol–water partition coefficient (Wildman–Crippen LogP) is 4.66. The van der Waals surface area contributed by atoms with E-state index in [1.54, 1.807) is 18.5 Å². The van der Waals surface area contributed by atoms with Gasteiger partial charge in [0.15, 0.2) is 0 Å². The highest BCUT2D eigenvalue weighted by Crippen LogP contribution is 2.28. The van der Waals surface area contributed by atoms with Gasteiger partial charge < -0.3 is 5.32 Å². The van der Waals surface area contributed by atoms with Crippen LogP contribution in [-0.4, -0.2) is 15.9 Å². The molecule has 24 heavy (non-hydrogen) atoms. The maximum atomic E-state index is 12.4. The molecule has 0 saturated heterocycles. The van der Waals surface area contributed by atoms with Gasteiger partial charge in [0.2, 0.25) is 5.91 Å². The first-order valence-electron chi connectivity index (χ1n) is 7.46. The van der Waals surface area contributed by atoms with Gasteiger partial charge in [-0.3, -0.25) is 9.78 Å². The number of amides is 1. The van der Waals surface area contributed by atoms with Crippen LogP contribution in [0.2, 0.25) is 5.02 Å². The molecular weight excluding hydrogens is 342 g/mol. The van der Waals surface area contributed by atoms with Crippen LogP contribution < -0.4 is 5.32 Å². The number of carbonyl (C=O) groups is 1. The van der Waals surface area contributed by atoms with Gasteiger partial charge in [0.05, 0.1) is 12.1 Å². The van der Waals surface area contributed by atoms with E-state index in [4.69, 9.17) is 11.6 Å². The quantitative estimate of drug-likeness (QED) is 0.739. The summed E-state index contributed by atoms with van der Waals surface area (Å²) in [6.45, 7) is 3.81. The molecule has 0 aliphatic carbocycles. The van der Waals surface area contributed by atoms with E-state index in [0.29, 0.717) is 11.4 Å². The molecule has 122 valence electrons. The zero-order valence-electron chi connectivity index (χ0n) is 13.3. The fourth-order valence-corrected chi connectivity index (χ4v) is 3.53. The second-order valence-electron chi connectivity index (χ2n) is 5.40. The molecule has 3 rings (SSSR count). The van der Waals surface area contributed by atoms with Gasteiger partial charge in [-0.25, -0.2) is 4.98 Å². The number of aromatic nitrogens is 2. The molecular formula is C18H16ClN3OS. The number of halogens is 1. The molecule has 0 fully saturated rings. The van der Waals surface area contributed by atoms with Crippen molar-refractivity contribution in [2.75, 3.05) is 5.32 Å². The van der Waals surface area contributed by atoms with E-state index < -0.39 is 0 Å². The number of anilines is 1. The summed E-state index contributed by atoms with van der Waals surface area (Å²) in [5, 5.41) is 4.46. The van der Waals surface area contributed by atoms with Gasteiger partial charge in [0.1, 0.15) is 5.01 Å². The first kappa shape index (κ1) is 16.6. The number of nitrogens with one attached hydrogen (secondary N) is 1. The molecule has 2 heterocycles. The van der Waals surface area contributed by atoms with Crippen molar-refractivity contribution in [3.8, 4) is 10.6 Å². The van der Waals surface area contributed by atoms with E-state index in [-0.39, 0.29) is 5.91 Å². The standard InChI is InChI=1S/C18H16ClN3OS/c1-11-14(19)4-3-5-15(11)22-17(23)10-16-12(2)21-18(24-16)13-6-8-20-9-7-13/h3-9H,10H2,1-2H3,(H,22,23). The van der Waals surface area contributed by atoms with Crippen LogP contribution in [0.25, 0.3) is 10.6 Å². The third-order valence-electron chi connectivity index (χ3n) is 3.68. The van der Waals surface area contributed by atoms with E-state index in [0.717, 1.165) is 32.4 Å². The lowest BCUT2D eigenvalue weighted by atomic mass is 10.2. The largest absolute Gasteiger partial charge is 0.325 e. The lowest BCUT2D eigenvalue weighted by molar-refractivity contribution is -0.115. The molecule has 4 nitrogen and oxygen atoms in total. The third kappa shape index (κ3) is 3.63. The molecule has 1 amide bonds. The Kier molecular flexibility index (Phi) is 4.92. The smallest absolute Gasteiger partial charge is 0.229 e. The van der Waals surface area contributed by atoms with Gasteiger partial charge in [-0.05, 0) is 43.7 Å². The minimum Gasteiger partial charge on any atom is -0.325 e. The van der Waals surface area contributed by atoms with Gasteiger partial charge in [-0.1, -0.05) is 17.7 Å². The Bertz CT molecular complexity index is 877.